The number of nitrogens with two attached hydrogens (primary N) is 1. The standard InChI is InChI=1S/C12H13BrN2S/c1-8-2-3-9(10(13)6-8)11(14)7-12-15-4-5-16-12/h2-6,11H,7,14H2,1H3. The zero-order valence-electron chi connectivity index (χ0n) is 8.98. The molecule has 2 nitrogen and oxygen atoms in total. The van der Waals surface area contributed by atoms with Gasteiger partial charge >= 0.3 is 0 Å². The highest BCUT2D eigenvalue weighted by Crippen LogP contribution is 2.25. The fourth-order valence-electron chi connectivity index (χ4n) is 1.58. The van der Waals surface area contributed by atoms with E-state index in [0.29, 0.717) is 0 Å². The van der Waals surface area contributed by atoms with Crippen molar-refractivity contribution in [3.8, 4) is 0 Å². The van der Waals surface area contributed by atoms with Crippen molar-refractivity contribution >= 4 is 27.3 Å². The van der Waals surface area contributed by atoms with Crippen LogP contribution in [0.2, 0.25) is 0 Å². The lowest BCUT2D eigenvalue weighted by Gasteiger charge is -2.12. The molecule has 0 spiro atoms. The van der Waals surface area contributed by atoms with E-state index in [1.807, 2.05) is 11.6 Å². The predicted molar refractivity (Wildman–Crippen MR) is 71.6 cm³/mol. The molecule has 4 heteroatoms. The molecular formula is C12H13BrN2S. The average Bonchev–Trinajstić information content (AvgIpc) is 2.70. The monoisotopic (exact) mass is 296 g/mol. The molecule has 0 aliphatic carbocycles. The molecule has 0 radical (unpaired) electrons. The second kappa shape index (κ2) is 5.08. The van der Waals surface area contributed by atoms with E-state index in [9.17, 15) is 0 Å². The highest BCUT2D eigenvalue weighted by molar-refractivity contribution is 9.10. The van der Waals surface area contributed by atoms with Crippen molar-refractivity contribution in [2.24, 2.45) is 5.73 Å². The maximum atomic E-state index is 6.17. The van der Waals surface area contributed by atoms with Gasteiger partial charge < -0.3 is 5.73 Å². The van der Waals surface area contributed by atoms with Gasteiger partial charge in [-0.25, -0.2) is 4.98 Å². The summed E-state index contributed by atoms with van der Waals surface area (Å²) in [5.74, 6) is 0. The van der Waals surface area contributed by atoms with Crippen LogP contribution in [0.4, 0.5) is 0 Å². The van der Waals surface area contributed by atoms with Crippen LogP contribution in [0.1, 0.15) is 22.2 Å². The van der Waals surface area contributed by atoms with E-state index in [4.69, 9.17) is 5.73 Å². The first-order valence-electron chi connectivity index (χ1n) is 5.07. The maximum absolute atomic E-state index is 6.17. The summed E-state index contributed by atoms with van der Waals surface area (Å²) >= 11 is 5.20. The third kappa shape index (κ3) is 2.70. The smallest absolute Gasteiger partial charge is 0.0943 e. The third-order valence-electron chi connectivity index (χ3n) is 2.43. The second-order valence-corrected chi connectivity index (χ2v) is 5.59. The number of halogens is 1. The zero-order chi connectivity index (χ0) is 11.5. The summed E-state index contributed by atoms with van der Waals surface area (Å²) in [6, 6.07) is 6.26. The molecular weight excluding hydrogens is 284 g/mol. The van der Waals surface area contributed by atoms with Crippen molar-refractivity contribution in [1.82, 2.24) is 4.98 Å². The number of hydrogen-bond donors (Lipinski definition) is 1. The molecule has 2 rings (SSSR count). The van der Waals surface area contributed by atoms with Gasteiger partial charge in [-0.15, -0.1) is 11.3 Å². The van der Waals surface area contributed by atoms with Crippen LogP contribution in [0.5, 0.6) is 0 Å². The van der Waals surface area contributed by atoms with Gasteiger partial charge in [0, 0.05) is 28.5 Å². The number of aromatic nitrogens is 1. The van der Waals surface area contributed by atoms with Crippen LogP contribution in [0.25, 0.3) is 0 Å². The molecule has 1 atom stereocenters. The van der Waals surface area contributed by atoms with Gasteiger partial charge in [0.25, 0.3) is 0 Å². The minimum Gasteiger partial charge on any atom is -0.324 e. The normalized spacial score (nSPS) is 12.7. The first-order chi connectivity index (χ1) is 7.66. The van der Waals surface area contributed by atoms with E-state index in [1.54, 1.807) is 11.3 Å². The Balaban J connectivity index is 2.17. The second-order valence-electron chi connectivity index (χ2n) is 3.76. The van der Waals surface area contributed by atoms with Crippen LogP contribution in [0, 0.1) is 6.92 Å². The largest absolute Gasteiger partial charge is 0.324 e. The molecule has 2 N–H and O–H groups in total. The number of thiazole rings is 1. The highest BCUT2D eigenvalue weighted by atomic mass is 79.9. The van der Waals surface area contributed by atoms with E-state index >= 15 is 0 Å². The first kappa shape index (κ1) is 11.8. The molecule has 1 unspecified atom stereocenters. The van der Waals surface area contributed by atoms with E-state index in [2.05, 4.69) is 46.0 Å². The summed E-state index contributed by atoms with van der Waals surface area (Å²) in [6.07, 6.45) is 2.61. The molecule has 84 valence electrons. The zero-order valence-corrected chi connectivity index (χ0v) is 11.4. The van der Waals surface area contributed by atoms with Crippen LogP contribution in [0.15, 0.2) is 34.2 Å². The molecule has 16 heavy (non-hydrogen) atoms. The summed E-state index contributed by atoms with van der Waals surface area (Å²) in [4.78, 5) is 4.25. The molecule has 1 heterocycles. The van der Waals surface area contributed by atoms with Crippen molar-refractivity contribution in [1.29, 1.82) is 0 Å². The molecule has 1 aromatic carbocycles. The van der Waals surface area contributed by atoms with E-state index < -0.39 is 0 Å². The third-order valence-corrected chi connectivity index (χ3v) is 3.92. The average molecular weight is 297 g/mol. The van der Waals surface area contributed by atoms with Crippen LogP contribution in [-0.4, -0.2) is 4.98 Å². The molecule has 1 aromatic heterocycles. The van der Waals surface area contributed by atoms with Crippen molar-refractivity contribution in [3.05, 3.63) is 50.4 Å². The number of aryl methyl sites for hydroxylation is 1. The Hall–Kier alpha value is -0.710. The fraction of sp³-hybridized carbons (Fsp3) is 0.250. The lowest BCUT2D eigenvalue weighted by molar-refractivity contribution is 0.714. The topological polar surface area (TPSA) is 38.9 Å². The molecule has 0 aliphatic rings. The SMILES string of the molecule is Cc1ccc(C(N)Cc2nccs2)c(Br)c1. The van der Waals surface area contributed by atoms with Gasteiger partial charge in [-0.1, -0.05) is 28.1 Å². The lowest BCUT2D eigenvalue weighted by atomic mass is 10.0. The van der Waals surface area contributed by atoms with Crippen molar-refractivity contribution < 1.29 is 0 Å². The highest BCUT2D eigenvalue weighted by Gasteiger charge is 2.11. The van der Waals surface area contributed by atoms with Crippen LogP contribution in [-0.2, 0) is 6.42 Å². The molecule has 2 aromatic rings. The minimum absolute atomic E-state index is 0.00104. The molecule has 0 amide bonds. The number of hydrogen-bond acceptors (Lipinski definition) is 3. The van der Waals surface area contributed by atoms with Crippen LogP contribution < -0.4 is 5.73 Å². The summed E-state index contributed by atoms with van der Waals surface area (Å²) in [6.45, 7) is 2.07. The van der Waals surface area contributed by atoms with Crippen LogP contribution in [0.3, 0.4) is 0 Å². The number of rotatable bonds is 3. The Bertz CT molecular complexity index is 468. The van der Waals surface area contributed by atoms with E-state index in [1.165, 1.54) is 5.56 Å². The number of nitrogens with zero attached hydrogens (tertiary/aromatic N) is 1. The van der Waals surface area contributed by atoms with Gasteiger partial charge in [0.05, 0.1) is 5.01 Å². The van der Waals surface area contributed by atoms with Crippen molar-refractivity contribution in [2.75, 3.05) is 0 Å². The molecule has 0 aliphatic heterocycles. The Labute approximate surface area is 108 Å². The van der Waals surface area contributed by atoms with E-state index in [0.717, 1.165) is 21.5 Å². The van der Waals surface area contributed by atoms with Crippen LogP contribution >= 0.6 is 27.3 Å². The predicted octanol–water partition coefficient (Wildman–Crippen LogP) is 3.46. The van der Waals surface area contributed by atoms with Gasteiger partial charge in [0.2, 0.25) is 0 Å². The molecule has 0 saturated heterocycles. The van der Waals surface area contributed by atoms with Gasteiger partial charge in [-0.2, -0.15) is 0 Å². The summed E-state index contributed by atoms with van der Waals surface area (Å²) in [7, 11) is 0. The summed E-state index contributed by atoms with van der Waals surface area (Å²) in [5, 5.41) is 3.06. The van der Waals surface area contributed by atoms with Gasteiger partial charge in [0.1, 0.15) is 0 Å². The van der Waals surface area contributed by atoms with Gasteiger partial charge in [-0.05, 0) is 24.1 Å². The van der Waals surface area contributed by atoms with Gasteiger partial charge in [0.15, 0.2) is 0 Å². The fourth-order valence-corrected chi connectivity index (χ4v) is 3.05. The maximum Gasteiger partial charge on any atom is 0.0943 e. The van der Waals surface area contributed by atoms with Crippen molar-refractivity contribution in [2.45, 2.75) is 19.4 Å². The quantitative estimate of drug-likeness (QED) is 0.942. The minimum atomic E-state index is 0.00104. The summed E-state index contributed by atoms with van der Waals surface area (Å²) < 4.78 is 1.08. The molecule has 0 fully saturated rings. The molecule has 0 bridgehead atoms. The Kier molecular flexibility index (Phi) is 3.74. The Morgan fingerprint density at radius 3 is 2.94 bits per heavy atom. The number of benzene rings is 1. The Morgan fingerprint density at radius 2 is 2.31 bits per heavy atom. The van der Waals surface area contributed by atoms with E-state index in [-0.39, 0.29) is 6.04 Å². The first-order valence-corrected chi connectivity index (χ1v) is 6.74. The molecule has 0 saturated carbocycles. The van der Waals surface area contributed by atoms with Gasteiger partial charge in [-0.3, -0.25) is 0 Å². The Morgan fingerprint density at radius 1 is 1.50 bits per heavy atom. The van der Waals surface area contributed by atoms with Crippen molar-refractivity contribution in [3.63, 3.8) is 0 Å². The lowest BCUT2D eigenvalue weighted by Crippen LogP contribution is -2.13. The summed E-state index contributed by atoms with van der Waals surface area (Å²) in [5.41, 5.74) is 8.55.